The number of nitrogens with zero attached hydrogens (tertiary/aromatic N) is 1. The fourth-order valence-electron chi connectivity index (χ4n) is 2.41. The van der Waals surface area contributed by atoms with Gasteiger partial charge in [-0.25, -0.2) is 4.79 Å². The summed E-state index contributed by atoms with van der Waals surface area (Å²) >= 11 is 6.12. The third-order valence-corrected chi connectivity index (χ3v) is 3.90. The molecule has 1 aromatic carbocycles. The monoisotopic (exact) mass is 296 g/mol. The molecule has 1 saturated heterocycles. The van der Waals surface area contributed by atoms with Crippen molar-refractivity contribution >= 4 is 23.3 Å². The first-order valence-corrected chi connectivity index (χ1v) is 7.30. The molecule has 0 saturated carbocycles. The lowest BCUT2D eigenvalue weighted by Gasteiger charge is -2.27. The molecule has 20 heavy (non-hydrogen) atoms. The van der Waals surface area contributed by atoms with Crippen LogP contribution < -0.4 is 5.32 Å². The Morgan fingerprint density at radius 3 is 3.00 bits per heavy atom. The Hall–Kier alpha value is -1.26. The second kappa shape index (κ2) is 6.95. The van der Waals surface area contributed by atoms with Crippen LogP contribution in [0.25, 0.3) is 0 Å². The zero-order valence-electron chi connectivity index (χ0n) is 12.0. The van der Waals surface area contributed by atoms with E-state index in [2.05, 4.69) is 5.32 Å². The molecule has 110 valence electrons. The van der Waals surface area contributed by atoms with Gasteiger partial charge in [-0.2, -0.15) is 0 Å². The Bertz CT molecular complexity index is 453. The maximum Gasteiger partial charge on any atom is 0.321 e. The second-order valence-corrected chi connectivity index (χ2v) is 5.73. The van der Waals surface area contributed by atoms with Crippen LogP contribution in [-0.2, 0) is 4.74 Å². The molecule has 2 rings (SSSR count). The molecule has 1 fully saturated rings. The van der Waals surface area contributed by atoms with Gasteiger partial charge in [0.2, 0.25) is 0 Å². The Morgan fingerprint density at radius 1 is 1.55 bits per heavy atom. The van der Waals surface area contributed by atoms with Gasteiger partial charge in [0, 0.05) is 26.1 Å². The first kappa shape index (κ1) is 15.1. The number of hydrogen-bond donors (Lipinski definition) is 1. The van der Waals surface area contributed by atoms with Crippen LogP contribution in [0, 0.1) is 12.8 Å². The van der Waals surface area contributed by atoms with E-state index in [0.29, 0.717) is 23.2 Å². The molecule has 4 nitrogen and oxygen atoms in total. The van der Waals surface area contributed by atoms with E-state index in [-0.39, 0.29) is 6.03 Å². The van der Waals surface area contributed by atoms with Gasteiger partial charge >= 0.3 is 6.03 Å². The molecule has 1 aliphatic rings. The van der Waals surface area contributed by atoms with Crippen molar-refractivity contribution in [3.05, 3.63) is 28.8 Å². The Kier molecular flexibility index (Phi) is 5.26. The van der Waals surface area contributed by atoms with Crippen molar-refractivity contribution < 1.29 is 9.53 Å². The molecule has 2 amide bonds. The number of hydrogen-bond acceptors (Lipinski definition) is 2. The van der Waals surface area contributed by atoms with E-state index in [1.165, 1.54) is 0 Å². The molecule has 1 heterocycles. The van der Waals surface area contributed by atoms with Crippen molar-refractivity contribution in [2.24, 2.45) is 5.92 Å². The highest BCUT2D eigenvalue weighted by atomic mass is 35.5. The molecule has 0 spiro atoms. The molecule has 1 atom stereocenters. The smallest absolute Gasteiger partial charge is 0.321 e. The summed E-state index contributed by atoms with van der Waals surface area (Å²) in [6.45, 7) is 4.21. The first-order valence-electron chi connectivity index (χ1n) is 6.93. The van der Waals surface area contributed by atoms with Crippen LogP contribution in [0.3, 0.4) is 0 Å². The fourth-order valence-corrected chi connectivity index (χ4v) is 2.68. The third kappa shape index (κ3) is 3.87. The van der Waals surface area contributed by atoms with E-state index in [0.717, 1.165) is 31.6 Å². The zero-order chi connectivity index (χ0) is 14.5. The summed E-state index contributed by atoms with van der Waals surface area (Å²) in [5.41, 5.74) is 1.64. The summed E-state index contributed by atoms with van der Waals surface area (Å²) in [7, 11) is 1.80. The SMILES string of the molecule is Cc1cccc(Cl)c1NC(=O)N(C)CC1CCCOC1. The average Bonchev–Trinajstić information content (AvgIpc) is 2.44. The van der Waals surface area contributed by atoms with Crippen molar-refractivity contribution in [3.63, 3.8) is 0 Å². The molecule has 1 aromatic rings. The summed E-state index contributed by atoms with van der Waals surface area (Å²) in [5, 5.41) is 3.44. The largest absolute Gasteiger partial charge is 0.381 e. The van der Waals surface area contributed by atoms with Gasteiger partial charge in [0.25, 0.3) is 0 Å². The van der Waals surface area contributed by atoms with E-state index in [9.17, 15) is 4.79 Å². The van der Waals surface area contributed by atoms with Crippen molar-refractivity contribution in [3.8, 4) is 0 Å². The van der Waals surface area contributed by atoms with Gasteiger partial charge in [-0.3, -0.25) is 0 Å². The minimum atomic E-state index is -0.133. The van der Waals surface area contributed by atoms with Crippen molar-refractivity contribution in [1.82, 2.24) is 4.90 Å². The van der Waals surface area contributed by atoms with Crippen LogP contribution in [0.15, 0.2) is 18.2 Å². The van der Waals surface area contributed by atoms with Gasteiger partial charge in [0.1, 0.15) is 0 Å². The molecule has 1 aliphatic heterocycles. The summed E-state index contributed by atoms with van der Waals surface area (Å²) in [6, 6.07) is 5.44. The van der Waals surface area contributed by atoms with E-state index in [4.69, 9.17) is 16.3 Å². The number of carbonyl (C=O) groups is 1. The zero-order valence-corrected chi connectivity index (χ0v) is 12.7. The molecule has 0 aliphatic carbocycles. The number of urea groups is 1. The van der Waals surface area contributed by atoms with Crippen molar-refractivity contribution in [1.29, 1.82) is 0 Å². The fraction of sp³-hybridized carbons (Fsp3) is 0.533. The maximum absolute atomic E-state index is 12.2. The Morgan fingerprint density at radius 2 is 2.35 bits per heavy atom. The summed E-state index contributed by atoms with van der Waals surface area (Å²) in [6.07, 6.45) is 2.19. The predicted octanol–water partition coefficient (Wildman–Crippen LogP) is 3.54. The lowest BCUT2D eigenvalue weighted by molar-refractivity contribution is 0.0464. The third-order valence-electron chi connectivity index (χ3n) is 3.59. The van der Waals surface area contributed by atoms with E-state index >= 15 is 0 Å². The summed E-state index contributed by atoms with van der Waals surface area (Å²) < 4.78 is 5.44. The quantitative estimate of drug-likeness (QED) is 0.927. The van der Waals surface area contributed by atoms with Crippen LogP contribution in [0.4, 0.5) is 10.5 Å². The van der Waals surface area contributed by atoms with Crippen LogP contribution in [0.2, 0.25) is 5.02 Å². The summed E-state index contributed by atoms with van der Waals surface area (Å²) in [5.74, 6) is 0.423. The van der Waals surface area contributed by atoms with Crippen LogP contribution in [-0.4, -0.2) is 37.7 Å². The number of para-hydroxylation sites is 1. The lowest BCUT2D eigenvalue weighted by atomic mass is 10.0. The molecule has 0 aromatic heterocycles. The molecular formula is C15H21ClN2O2. The second-order valence-electron chi connectivity index (χ2n) is 5.33. The van der Waals surface area contributed by atoms with Crippen molar-refractivity contribution in [2.75, 3.05) is 32.1 Å². The van der Waals surface area contributed by atoms with Gasteiger partial charge in [0.05, 0.1) is 17.3 Å². The van der Waals surface area contributed by atoms with Crippen LogP contribution >= 0.6 is 11.6 Å². The highest BCUT2D eigenvalue weighted by Crippen LogP contribution is 2.25. The number of halogens is 1. The lowest BCUT2D eigenvalue weighted by Crippen LogP contribution is -2.37. The normalized spacial score (nSPS) is 18.6. The number of anilines is 1. The standard InChI is InChI=1S/C15H21ClN2O2/c1-11-5-3-7-13(16)14(11)17-15(19)18(2)9-12-6-4-8-20-10-12/h3,5,7,12H,4,6,8-10H2,1-2H3,(H,17,19). The first-order chi connectivity index (χ1) is 9.58. The highest BCUT2D eigenvalue weighted by Gasteiger charge is 2.19. The molecule has 0 radical (unpaired) electrons. The Balaban J connectivity index is 1.93. The number of rotatable bonds is 3. The molecule has 5 heteroatoms. The highest BCUT2D eigenvalue weighted by molar-refractivity contribution is 6.33. The van der Waals surface area contributed by atoms with Crippen LogP contribution in [0.1, 0.15) is 18.4 Å². The summed E-state index contributed by atoms with van der Waals surface area (Å²) in [4.78, 5) is 13.9. The average molecular weight is 297 g/mol. The van der Waals surface area contributed by atoms with Gasteiger partial charge < -0.3 is 15.0 Å². The minimum absolute atomic E-state index is 0.133. The molecular weight excluding hydrogens is 276 g/mol. The van der Waals surface area contributed by atoms with Crippen molar-refractivity contribution in [2.45, 2.75) is 19.8 Å². The number of benzene rings is 1. The number of amides is 2. The van der Waals surface area contributed by atoms with Crippen LogP contribution in [0.5, 0.6) is 0 Å². The topological polar surface area (TPSA) is 41.6 Å². The van der Waals surface area contributed by atoms with Gasteiger partial charge in [-0.05, 0) is 31.4 Å². The number of aryl methyl sites for hydroxylation is 1. The van der Waals surface area contributed by atoms with Gasteiger partial charge in [-0.1, -0.05) is 23.7 Å². The number of nitrogens with one attached hydrogen (secondary N) is 1. The minimum Gasteiger partial charge on any atom is -0.381 e. The Labute approximate surface area is 125 Å². The number of carbonyl (C=O) groups excluding carboxylic acids is 1. The van der Waals surface area contributed by atoms with E-state index < -0.39 is 0 Å². The van der Waals surface area contributed by atoms with E-state index in [1.807, 2.05) is 19.1 Å². The molecule has 1 N–H and O–H groups in total. The predicted molar refractivity (Wildman–Crippen MR) is 81.4 cm³/mol. The molecule has 0 bridgehead atoms. The maximum atomic E-state index is 12.2. The molecule has 1 unspecified atom stereocenters. The van der Waals surface area contributed by atoms with Gasteiger partial charge in [0.15, 0.2) is 0 Å². The number of ether oxygens (including phenoxy) is 1. The van der Waals surface area contributed by atoms with Gasteiger partial charge in [-0.15, -0.1) is 0 Å². The van der Waals surface area contributed by atoms with E-state index in [1.54, 1.807) is 18.0 Å².